The SMILES string of the molecule is Cc1c(C(=O)NCCNC(=O)[C@@H](N)Cc2c[nH]c3ccccc23)[nH]c2ccc(C(=O)O)cc12. The van der Waals surface area contributed by atoms with Crippen molar-refractivity contribution in [2.24, 2.45) is 5.73 Å². The molecule has 9 nitrogen and oxygen atoms in total. The van der Waals surface area contributed by atoms with E-state index < -0.39 is 12.0 Å². The Morgan fingerprint density at radius 3 is 2.58 bits per heavy atom. The third kappa shape index (κ3) is 4.58. The van der Waals surface area contributed by atoms with Crippen LogP contribution in [0.15, 0.2) is 48.7 Å². The fraction of sp³-hybridized carbons (Fsp3) is 0.208. The number of nitrogens with two attached hydrogens (primary N) is 1. The van der Waals surface area contributed by atoms with E-state index in [1.165, 1.54) is 12.1 Å². The molecule has 9 heteroatoms. The summed E-state index contributed by atoms with van der Waals surface area (Å²) in [5, 5.41) is 16.4. The van der Waals surface area contributed by atoms with Crippen molar-refractivity contribution >= 4 is 39.6 Å². The zero-order chi connectivity index (χ0) is 23.5. The van der Waals surface area contributed by atoms with Crippen molar-refractivity contribution in [1.82, 2.24) is 20.6 Å². The van der Waals surface area contributed by atoms with Crippen LogP contribution in [0, 0.1) is 6.92 Å². The monoisotopic (exact) mass is 447 g/mol. The summed E-state index contributed by atoms with van der Waals surface area (Å²) in [5.74, 6) is -1.66. The van der Waals surface area contributed by atoms with E-state index in [0.717, 1.165) is 16.5 Å². The summed E-state index contributed by atoms with van der Waals surface area (Å²) in [7, 11) is 0. The van der Waals surface area contributed by atoms with Crippen LogP contribution >= 0.6 is 0 Å². The molecule has 0 saturated heterocycles. The van der Waals surface area contributed by atoms with Crippen LogP contribution in [-0.2, 0) is 11.2 Å². The van der Waals surface area contributed by atoms with E-state index in [2.05, 4.69) is 20.6 Å². The average molecular weight is 447 g/mol. The van der Waals surface area contributed by atoms with Gasteiger partial charge in [-0.25, -0.2) is 4.79 Å². The summed E-state index contributed by atoms with van der Waals surface area (Å²) >= 11 is 0. The molecule has 0 spiro atoms. The smallest absolute Gasteiger partial charge is 0.335 e. The van der Waals surface area contributed by atoms with Gasteiger partial charge in [0.2, 0.25) is 5.91 Å². The molecule has 0 aliphatic rings. The standard InChI is InChI=1S/C24H25N5O4/c1-13-17-10-14(24(32)33)6-7-20(17)29-21(13)23(31)27-9-8-26-22(30)18(25)11-15-12-28-19-5-3-2-4-16(15)19/h2-7,10,12,18,28-29H,8-9,11,25H2,1H3,(H,26,30)(H,27,31)(H,32,33)/t18-/m0/s1. The third-order valence-corrected chi connectivity index (χ3v) is 5.69. The second kappa shape index (κ2) is 9.17. The molecule has 2 heterocycles. The number of aryl methyl sites for hydroxylation is 1. The molecule has 2 amide bonds. The average Bonchev–Trinajstić information content (AvgIpc) is 3.37. The van der Waals surface area contributed by atoms with E-state index in [4.69, 9.17) is 10.8 Å². The number of carboxylic acids is 1. The van der Waals surface area contributed by atoms with Gasteiger partial charge in [0.1, 0.15) is 5.69 Å². The minimum absolute atomic E-state index is 0.156. The molecule has 170 valence electrons. The summed E-state index contributed by atoms with van der Waals surface area (Å²) in [6.07, 6.45) is 2.26. The molecule has 4 aromatic rings. The number of aromatic carboxylic acids is 1. The minimum Gasteiger partial charge on any atom is -0.478 e. The number of carboxylic acid groups (broad SMARTS) is 1. The van der Waals surface area contributed by atoms with Crippen LogP contribution in [0.3, 0.4) is 0 Å². The Balaban J connectivity index is 1.29. The molecule has 0 fully saturated rings. The lowest BCUT2D eigenvalue weighted by Gasteiger charge is -2.12. The second-order valence-corrected chi connectivity index (χ2v) is 7.91. The van der Waals surface area contributed by atoms with Gasteiger partial charge in [0, 0.05) is 41.1 Å². The fourth-order valence-electron chi connectivity index (χ4n) is 3.90. The van der Waals surface area contributed by atoms with Crippen LogP contribution in [0.25, 0.3) is 21.8 Å². The Hall–Kier alpha value is -4.11. The Labute approximate surface area is 189 Å². The van der Waals surface area contributed by atoms with Crippen LogP contribution in [-0.4, -0.2) is 52.0 Å². The number of H-pyrrole nitrogens is 2. The fourth-order valence-corrected chi connectivity index (χ4v) is 3.90. The number of amides is 2. The molecule has 33 heavy (non-hydrogen) atoms. The van der Waals surface area contributed by atoms with Crippen LogP contribution in [0.5, 0.6) is 0 Å². The topological polar surface area (TPSA) is 153 Å². The van der Waals surface area contributed by atoms with Crippen molar-refractivity contribution in [2.75, 3.05) is 13.1 Å². The van der Waals surface area contributed by atoms with Crippen LogP contribution in [0.4, 0.5) is 0 Å². The molecule has 0 aliphatic carbocycles. The predicted octanol–water partition coefficient (Wildman–Crippen LogP) is 2.07. The van der Waals surface area contributed by atoms with Gasteiger partial charge in [0.05, 0.1) is 11.6 Å². The molecule has 2 aromatic heterocycles. The lowest BCUT2D eigenvalue weighted by Crippen LogP contribution is -2.44. The summed E-state index contributed by atoms with van der Waals surface area (Å²) < 4.78 is 0. The lowest BCUT2D eigenvalue weighted by molar-refractivity contribution is -0.122. The summed E-state index contributed by atoms with van der Waals surface area (Å²) in [5.41, 5.74) is 9.89. The maximum Gasteiger partial charge on any atom is 0.335 e. The number of fused-ring (bicyclic) bond motifs is 2. The lowest BCUT2D eigenvalue weighted by atomic mass is 10.1. The first-order valence-electron chi connectivity index (χ1n) is 10.6. The number of hydrogen-bond donors (Lipinski definition) is 6. The molecule has 0 unspecified atom stereocenters. The first kappa shape index (κ1) is 22.1. The number of para-hydroxylation sites is 1. The highest BCUT2D eigenvalue weighted by Gasteiger charge is 2.18. The highest BCUT2D eigenvalue weighted by Crippen LogP contribution is 2.23. The molecule has 0 radical (unpaired) electrons. The third-order valence-electron chi connectivity index (χ3n) is 5.69. The minimum atomic E-state index is -1.03. The van der Waals surface area contributed by atoms with Gasteiger partial charge < -0.3 is 31.4 Å². The number of aromatic amines is 2. The predicted molar refractivity (Wildman–Crippen MR) is 125 cm³/mol. The number of carbonyl (C=O) groups excluding carboxylic acids is 2. The maximum absolute atomic E-state index is 12.6. The largest absolute Gasteiger partial charge is 0.478 e. The molecule has 0 saturated carbocycles. The number of nitrogens with one attached hydrogen (secondary N) is 4. The van der Waals surface area contributed by atoms with Crippen molar-refractivity contribution in [3.05, 3.63) is 71.0 Å². The van der Waals surface area contributed by atoms with Gasteiger partial charge in [0.15, 0.2) is 0 Å². The number of hydrogen-bond acceptors (Lipinski definition) is 4. The normalized spacial score (nSPS) is 12.1. The van der Waals surface area contributed by atoms with Gasteiger partial charge in [0.25, 0.3) is 5.91 Å². The number of rotatable bonds is 8. The van der Waals surface area contributed by atoms with Gasteiger partial charge in [-0.3, -0.25) is 9.59 Å². The molecule has 0 aliphatic heterocycles. The van der Waals surface area contributed by atoms with Crippen molar-refractivity contribution in [3.63, 3.8) is 0 Å². The van der Waals surface area contributed by atoms with Crippen LogP contribution < -0.4 is 16.4 Å². The molecular formula is C24H25N5O4. The summed E-state index contributed by atoms with van der Waals surface area (Å²) in [6, 6.07) is 11.8. The molecule has 1 atom stereocenters. The van der Waals surface area contributed by atoms with Gasteiger partial charge in [-0.2, -0.15) is 0 Å². The first-order valence-corrected chi connectivity index (χ1v) is 10.6. The Morgan fingerprint density at radius 2 is 1.79 bits per heavy atom. The van der Waals surface area contributed by atoms with Crippen molar-refractivity contribution < 1.29 is 19.5 Å². The number of aromatic nitrogens is 2. The highest BCUT2D eigenvalue weighted by atomic mass is 16.4. The second-order valence-electron chi connectivity index (χ2n) is 7.91. The summed E-state index contributed by atoms with van der Waals surface area (Å²) in [4.78, 5) is 42.3. The van der Waals surface area contributed by atoms with Gasteiger partial charge in [-0.05, 0) is 48.7 Å². The van der Waals surface area contributed by atoms with Crippen LogP contribution in [0.2, 0.25) is 0 Å². The maximum atomic E-state index is 12.6. The van der Waals surface area contributed by atoms with Crippen molar-refractivity contribution in [3.8, 4) is 0 Å². The summed E-state index contributed by atoms with van der Waals surface area (Å²) in [6.45, 7) is 2.21. The number of benzene rings is 2. The highest BCUT2D eigenvalue weighted by molar-refractivity contribution is 6.02. The first-order chi connectivity index (χ1) is 15.8. The molecule has 4 rings (SSSR count). The molecule has 2 aromatic carbocycles. The quantitative estimate of drug-likeness (QED) is 0.228. The molecule has 0 bridgehead atoms. The van der Waals surface area contributed by atoms with E-state index in [0.29, 0.717) is 28.6 Å². The zero-order valence-electron chi connectivity index (χ0n) is 18.1. The Morgan fingerprint density at radius 1 is 1.03 bits per heavy atom. The van der Waals surface area contributed by atoms with Crippen molar-refractivity contribution in [2.45, 2.75) is 19.4 Å². The van der Waals surface area contributed by atoms with E-state index >= 15 is 0 Å². The van der Waals surface area contributed by atoms with Crippen molar-refractivity contribution in [1.29, 1.82) is 0 Å². The van der Waals surface area contributed by atoms with E-state index in [1.54, 1.807) is 13.0 Å². The number of carbonyl (C=O) groups is 3. The Bertz CT molecular complexity index is 1350. The molecule has 7 N–H and O–H groups in total. The zero-order valence-corrected chi connectivity index (χ0v) is 18.1. The van der Waals surface area contributed by atoms with Crippen LogP contribution in [0.1, 0.15) is 32.0 Å². The van der Waals surface area contributed by atoms with E-state index in [-0.39, 0.29) is 30.5 Å². The van der Waals surface area contributed by atoms with E-state index in [1.807, 2.05) is 30.5 Å². The van der Waals surface area contributed by atoms with Gasteiger partial charge in [-0.1, -0.05) is 18.2 Å². The van der Waals surface area contributed by atoms with Gasteiger partial charge >= 0.3 is 5.97 Å². The van der Waals surface area contributed by atoms with Gasteiger partial charge in [-0.15, -0.1) is 0 Å². The molecular weight excluding hydrogens is 422 g/mol. The Kier molecular flexibility index (Phi) is 6.14. The van der Waals surface area contributed by atoms with E-state index in [9.17, 15) is 14.4 Å².